The average Bonchev–Trinajstić information content (AvgIpc) is 3.13. The number of fused-ring (bicyclic) bond motifs is 1. The maximum absolute atomic E-state index is 12.6. The molecular weight excluding hydrogens is 364 g/mol. The van der Waals surface area contributed by atoms with Gasteiger partial charge in [-0.25, -0.2) is 0 Å². The van der Waals surface area contributed by atoms with Gasteiger partial charge in [0, 0.05) is 25.3 Å². The van der Waals surface area contributed by atoms with E-state index < -0.39 is 0 Å². The summed E-state index contributed by atoms with van der Waals surface area (Å²) in [5.74, 6) is -0.136. The van der Waals surface area contributed by atoms with E-state index in [1.165, 1.54) is 11.0 Å². The molecule has 0 saturated carbocycles. The second-order valence-electron chi connectivity index (χ2n) is 6.77. The fourth-order valence-electron chi connectivity index (χ4n) is 3.64. The Balaban J connectivity index is 1.79. The quantitative estimate of drug-likeness (QED) is 0.706. The normalized spacial score (nSPS) is 17.5. The van der Waals surface area contributed by atoms with E-state index in [1.807, 2.05) is 0 Å². The molecule has 1 saturated heterocycles. The zero-order valence-corrected chi connectivity index (χ0v) is 16.6. The van der Waals surface area contributed by atoms with Gasteiger partial charge in [0.25, 0.3) is 11.5 Å². The van der Waals surface area contributed by atoms with E-state index in [0.29, 0.717) is 47.0 Å². The highest BCUT2D eigenvalue weighted by Crippen LogP contribution is 2.16. The SMILES string of the molecule is CCN1CCC[C@H]1CNC(=O)c1ccc2c(=O)n(CCOC)c(=S)[nH]c2c1. The molecule has 1 aromatic heterocycles. The zero-order valence-electron chi connectivity index (χ0n) is 15.8. The highest BCUT2D eigenvalue weighted by molar-refractivity contribution is 7.71. The third kappa shape index (κ3) is 4.28. The number of ether oxygens (including phenoxy) is 1. The number of likely N-dealkylation sites (tertiary alicyclic amines) is 1. The second kappa shape index (κ2) is 8.77. The number of rotatable bonds is 7. The molecule has 0 spiro atoms. The smallest absolute Gasteiger partial charge is 0.262 e. The van der Waals surface area contributed by atoms with Crippen LogP contribution in [0.15, 0.2) is 23.0 Å². The van der Waals surface area contributed by atoms with Crippen LogP contribution in [-0.2, 0) is 11.3 Å². The maximum Gasteiger partial charge on any atom is 0.262 e. The van der Waals surface area contributed by atoms with Crippen molar-refractivity contribution in [2.24, 2.45) is 0 Å². The van der Waals surface area contributed by atoms with Crippen LogP contribution in [0.4, 0.5) is 0 Å². The molecule has 1 aromatic carbocycles. The topological polar surface area (TPSA) is 79.4 Å². The number of carbonyl (C=O) groups excluding carboxylic acids is 1. The van der Waals surface area contributed by atoms with Gasteiger partial charge in [-0.1, -0.05) is 6.92 Å². The first-order valence-corrected chi connectivity index (χ1v) is 9.74. The number of nitrogens with zero attached hydrogens (tertiary/aromatic N) is 2. The summed E-state index contributed by atoms with van der Waals surface area (Å²) in [6.07, 6.45) is 2.29. The summed E-state index contributed by atoms with van der Waals surface area (Å²) < 4.78 is 6.82. The number of benzene rings is 1. The molecule has 0 radical (unpaired) electrons. The summed E-state index contributed by atoms with van der Waals surface area (Å²) in [6.45, 7) is 5.67. The second-order valence-corrected chi connectivity index (χ2v) is 7.16. The average molecular weight is 391 g/mol. The zero-order chi connectivity index (χ0) is 19.4. The van der Waals surface area contributed by atoms with Gasteiger partial charge in [0.05, 0.1) is 24.1 Å². The van der Waals surface area contributed by atoms with E-state index in [-0.39, 0.29) is 11.5 Å². The van der Waals surface area contributed by atoms with Crippen LogP contribution >= 0.6 is 12.2 Å². The minimum absolute atomic E-state index is 0.136. The van der Waals surface area contributed by atoms with Crippen LogP contribution in [0, 0.1) is 4.77 Å². The molecular formula is C19H26N4O3S. The van der Waals surface area contributed by atoms with Gasteiger partial charge in [0.1, 0.15) is 0 Å². The number of hydrogen-bond acceptors (Lipinski definition) is 5. The van der Waals surface area contributed by atoms with Gasteiger partial charge in [0.2, 0.25) is 0 Å². The van der Waals surface area contributed by atoms with E-state index in [1.54, 1.807) is 25.3 Å². The van der Waals surface area contributed by atoms with Crippen molar-refractivity contribution in [2.75, 3.05) is 33.4 Å². The number of carbonyl (C=O) groups is 1. The highest BCUT2D eigenvalue weighted by Gasteiger charge is 2.23. The van der Waals surface area contributed by atoms with Crippen molar-refractivity contribution in [1.82, 2.24) is 19.8 Å². The molecule has 7 nitrogen and oxygen atoms in total. The Morgan fingerprint density at radius 2 is 2.26 bits per heavy atom. The van der Waals surface area contributed by atoms with Crippen LogP contribution in [0.1, 0.15) is 30.1 Å². The van der Waals surface area contributed by atoms with Gasteiger partial charge in [-0.2, -0.15) is 0 Å². The number of nitrogens with one attached hydrogen (secondary N) is 2. The van der Waals surface area contributed by atoms with Gasteiger partial charge in [-0.05, 0) is 56.3 Å². The first-order valence-electron chi connectivity index (χ1n) is 9.33. The summed E-state index contributed by atoms with van der Waals surface area (Å²) in [7, 11) is 1.58. The molecule has 3 rings (SSSR count). The van der Waals surface area contributed by atoms with Crippen LogP contribution in [0.5, 0.6) is 0 Å². The molecule has 1 atom stereocenters. The van der Waals surface area contributed by atoms with Crippen molar-refractivity contribution >= 4 is 29.0 Å². The largest absolute Gasteiger partial charge is 0.383 e. The van der Waals surface area contributed by atoms with E-state index >= 15 is 0 Å². The number of hydrogen-bond donors (Lipinski definition) is 2. The minimum atomic E-state index is -0.178. The third-order valence-electron chi connectivity index (χ3n) is 5.17. The molecule has 1 aliphatic heterocycles. The number of methoxy groups -OCH3 is 1. The van der Waals surface area contributed by atoms with E-state index in [9.17, 15) is 9.59 Å². The van der Waals surface area contributed by atoms with Crippen LogP contribution in [-0.4, -0.2) is 59.8 Å². The standard InChI is InChI=1S/C19H26N4O3S/c1-3-22-8-4-5-14(22)12-20-17(24)13-6-7-15-16(11-13)21-19(27)23(18(15)25)9-10-26-2/h6-7,11,14H,3-5,8-10,12H2,1-2H3,(H,20,24)(H,21,27)/t14-/m0/s1. The van der Waals surface area contributed by atoms with Gasteiger partial charge in [0.15, 0.2) is 4.77 Å². The predicted octanol–water partition coefficient (Wildman–Crippen LogP) is 1.92. The van der Waals surface area contributed by atoms with E-state index in [4.69, 9.17) is 17.0 Å². The van der Waals surface area contributed by atoms with Gasteiger partial charge in [-0.3, -0.25) is 19.1 Å². The molecule has 8 heteroatoms. The maximum atomic E-state index is 12.6. The first kappa shape index (κ1) is 19.7. The lowest BCUT2D eigenvalue weighted by Gasteiger charge is -2.22. The predicted molar refractivity (Wildman–Crippen MR) is 108 cm³/mol. The lowest BCUT2D eigenvalue weighted by atomic mass is 10.1. The number of aromatic nitrogens is 2. The van der Waals surface area contributed by atoms with Crippen LogP contribution in [0.2, 0.25) is 0 Å². The molecule has 2 N–H and O–H groups in total. The van der Waals surface area contributed by atoms with Crippen LogP contribution < -0.4 is 10.9 Å². The van der Waals surface area contributed by atoms with Crippen molar-refractivity contribution < 1.29 is 9.53 Å². The van der Waals surface area contributed by atoms with E-state index in [0.717, 1.165) is 19.5 Å². The van der Waals surface area contributed by atoms with Crippen LogP contribution in [0.25, 0.3) is 10.9 Å². The van der Waals surface area contributed by atoms with Crippen molar-refractivity contribution in [3.63, 3.8) is 0 Å². The Kier molecular flexibility index (Phi) is 6.41. The molecule has 0 aliphatic carbocycles. The molecule has 1 amide bonds. The first-order chi connectivity index (χ1) is 13.0. The number of likely N-dealkylation sites (N-methyl/N-ethyl adjacent to an activating group) is 1. The molecule has 2 aromatic rings. The highest BCUT2D eigenvalue weighted by atomic mass is 32.1. The summed E-state index contributed by atoms with van der Waals surface area (Å²) >= 11 is 5.29. The number of H-pyrrole nitrogens is 1. The lowest BCUT2D eigenvalue weighted by molar-refractivity contribution is 0.0941. The third-order valence-corrected chi connectivity index (χ3v) is 5.49. The Labute approximate surface area is 163 Å². The summed E-state index contributed by atoms with van der Waals surface area (Å²) in [6, 6.07) is 5.45. The van der Waals surface area contributed by atoms with Crippen molar-refractivity contribution in [2.45, 2.75) is 32.4 Å². The summed E-state index contributed by atoms with van der Waals surface area (Å²) in [5.41, 5.74) is 0.910. The summed E-state index contributed by atoms with van der Waals surface area (Å²) in [5, 5.41) is 3.52. The minimum Gasteiger partial charge on any atom is -0.383 e. The van der Waals surface area contributed by atoms with Gasteiger partial charge < -0.3 is 15.0 Å². The van der Waals surface area contributed by atoms with Crippen molar-refractivity contribution in [3.05, 3.63) is 38.9 Å². The van der Waals surface area contributed by atoms with Gasteiger partial charge in [-0.15, -0.1) is 0 Å². The monoisotopic (exact) mass is 390 g/mol. The Hall–Kier alpha value is -2.03. The Morgan fingerprint density at radius 3 is 3.00 bits per heavy atom. The number of aromatic amines is 1. The molecule has 0 bridgehead atoms. The molecule has 27 heavy (non-hydrogen) atoms. The fraction of sp³-hybridized carbons (Fsp3) is 0.526. The van der Waals surface area contributed by atoms with Crippen LogP contribution in [0.3, 0.4) is 0 Å². The van der Waals surface area contributed by atoms with Gasteiger partial charge >= 0.3 is 0 Å². The van der Waals surface area contributed by atoms with Crippen molar-refractivity contribution in [1.29, 1.82) is 0 Å². The Bertz CT molecular complexity index is 937. The van der Waals surface area contributed by atoms with Crippen molar-refractivity contribution in [3.8, 4) is 0 Å². The molecule has 1 fully saturated rings. The molecule has 1 aliphatic rings. The van der Waals surface area contributed by atoms with E-state index in [2.05, 4.69) is 22.1 Å². The molecule has 146 valence electrons. The number of amides is 1. The summed E-state index contributed by atoms with van der Waals surface area (Å²) in [4.78, 5) is 30.6. The molecule has 0 unspecified atom stereocenters. The molecule has 2 heterocycles. The Morgan fingerprint density at radius 1 is 1.44 bits per heavy atom. The lowest BCUT2D eigenvalue weighted by Crippen LogP contribution is -2.40. The fourth-order valence-corrected chi connectivity index (χ4v) is 3.92.